The van der Waals surface area contributed by atoms with Crippen LogP contribution in [0.1, 0.15) is 12.8 Å². The molecular formula is C9H17N3O3S2. The Hall–Kier alpha value is -0.730. The van der Waals surface area contributed by atoms with E-state index in [9.17, 15) is 13.2 Å². The number of rotatable bonds is 4. The summed E-state index contributed by atoms with van der Waals surface area (Å²) in [5.41, 5.74) is 5.24. The summed E-state index contributed by atoms with van der Waals surface area (Å²) in [4.78, 5) is 11.4. The number of thiocarbonyl (C=S) groups is 1. The first-order valence-electron chi connectivity index (χ1n) is 5.34. The molecule has 0 aromatic heterocycles. The van der Waals surface area contributed by atoms with Crippen LogP contribution in [-0.4, -0.2) is 49.5 Å². The molecular weight excluding hydrogens is 262 g/mol. The van der Waals surface area contributed by atoms with E-state index in [-0.39, 0.29) is 22.6 Å². The SMILES string of the molecule is CNC(=O)C1CCN(S(=O)(=O)CC(N)=S)CC1. The average molecular weight is 279 g/mol. The fourth-order valence-corrected chi connectivity index (χ4v) is 3.63. The second kappa shape index (κ2) is 5.74. The molecule has 0 spiro atoms. The van der Waals surface area contributed by atoms with E-state index in [1.165, 1.54) is 4.31 Å². The number of nitrogens with one attached hydrogen (secondary N) is 1. The lowest BCUT2D eigenvalue weighted by atomic mass is 9.97. The maximum atomic E-state index is 11.8. The van der Waals surface area contributed by atoms with Gasteiger partial charge in [0.25, 0.3) is 0 Å². The van der Waals surface area contributed by atoms with E-state index in [1.807, 2.05) is 0 Å². The number of amides is 1. The van der Waals surface area contributed by atoms with E-state index < -0.39 is 10.0 Å². The van der Waals surface area contributed by atoms with E-state index in [1.54, 1.807) is 7.05 Å². The van der Waals surface area contributed by atoms with Crippen molar-refractivity contribution in [2.24, 2.45) is 11.7 Å². The number of piperidine rings is 1. The predicted molar refractivity (Wildman–Crippen MR) is 68.9 cm³/mol. The van der Waals surface area contributed by atoms with Gasteiger partial charge in [0.1, 0.15) is 5.75 Å². The van der Waals surface area contributed by atoms with E-state index in [4.69, 9.17) is 5.73 Å². The Labute approximate surface area is 107 Å². The molecule has 1 fully saturated rings. The lowest BCUT2D eigenvalue weighted by molar-refractivity contribution is -0.125. The second-order valence-electron chi connectivity index (χ2n) is 4.01. The summed E-state index contributed by atoms with van der Waals surface area (Å²) in [5.74, 6) is -0.430. The molecule has 1 aliphatic heterocycles. The van der Waals surface area contributed by atoms with Crippen LogP contribution in [0, 0.1) is 5.92 Å². The van der Waals surface area contributed by atoms with Gasteiger partial charge in [0.05, 0.1) is 4.99 Å². The van der Waals surface area contributed by atoms with Gasteiger partial charge in [-0.05, 0) is 12.8 Å². The minimum Gasteiger partial charge on any atom is -0.392 e. The van der Waals surface area contributed by atoms with Crippen LogP contribution < -0.4 is 11.1 Å². The molecule has 0 aromatic carbocycles. The summed E-state index contributed by atoms with van der Waals surface area (Å²) >= 11 is 4.60. The first kappa shape index (κ1) is 14.3. The highest BCUT2D eigenvalue weighted by atomic mass is 32.2. The predicted octanol–water partition coefficient (Wildman–Crippen LogP) is -0.940. The Kier molecular flexibility index (Phi) is 4.84. The quantitative estimate of drug-likeness (QED) is 0.648. The van der Waals surface area contributed by atoms with Crippen molar-refractivity contribution in [2.75, 3.05) is 25.9 Å². The van der Waals surface area contributed by atoms with Crippen LogP contribution in [-0.2, 0) is 14.8 Å². The van der Waals surface area contributed by atoms with E-state index in [0.29, 0.717) is 25.9 Å². The van der Waals surface area contributed by atoms with E-state index in [2.05, 4.69) is 17.5 Å². The van der Waals surface area contributed by atoms with Crippen molar-refractivity contribution >= 4 is 33.1 Å². The molecule has 0 saturated carbocycles. The summed E-state index contributed by atoms with van der Waals surface area (Å²) in [6.07, 6.45) is 1.08. The lowest BCUT2D eigenvalue weighted by Crippen LogP contribution is -2.44. The largest absolute Gasteiger partial charge is 0.392 e. The summed E-state index contributed by atoms with van der Waals surface area (Å²) in [6, 6.07) is 0. The molecule has 0 aromatic rings. The van der Waals surface area contributed by atoms with Gasteiger partial charge in [0.15, 0.2) is 0 Å². The van der Waals surface area contributed by atoms with Crippen LogP contribution in [0.15, 0.2) is 0 Å². The number of nitrogens with zero attached hydrogens (tertiary/aromatic N) is 1. The molecule has 3 N–H and O–H groups in total. The number of carbonyl (C=O) groups is 1. The molecule has 1 aliphatic rings. The topological polar surface area (TPSA) is 92.5 Å². The van der Waals surface area contributed by atoms with Crippen LogP contribution >= 0.6 is 12.2 Å². The zero-order valence-corrected chi connectivity index (χ0v) is 11.3. The Morgan fingerprint density at radius 3 is 2.41 bits per heavy atom. The van der Waals surface area contributed by atoms with Gasteiger partial charge < -0.3 is 11.1 Å². The molecule has 0 radical (unpaired) electrons. The average Bonchev–Trinajstić information content (AvgIpc) is 2.26. The van der Waals surface area contributed by atoms with E-state index >= 15 is 0 Å². The number of hydrogen-bond donors (Lipinski definition) is 2. The monoisotopic (exact) mass is 279 g/mol. The molecule has 0 aliphatic carbocycles. The summed E-state index contributed by atoms with van der Waals surface area (Å²) < 4.78 is 25.0. The first-order chi connectivity index (χ1) is 7.86. The Balaban J connectivity index is 2.57. The summed E-state index contributed by atoms with van der Waals surface area (Å²) in [7, 11) is -1.82. The van der Waals surface area contributed by atoms with Gasteiger partial charge in [0, 0.05) is 26.1 Å². The van der Waals surface area contributed by atoms with Crippen LogP contribution in [0.2, 0.25) is 0 Å². The van der Waals surface area contributed by atoms with Gasteiger partial charge in [-0.3, -0.25) is 4.79 Å². The molecule has 0 bridgehead atoms. The van der Waals surface area contributed by atoms with Crippen LogP contribution in [0.5, 0.6) is 0 Å². The summed E-state index contributed by atoms with van der Waals surface area (Å²) in [5, 5.41) is 2.57. The molecule has 98 valence electrons. The number of sulfonamides is 1. The molecule has 17 heavy (non-hydrogen) atoms. The van der Waals surface area contributed by atoms with Gasteiger partial charge in [0.2, 0.25) is 15.9 Å². The van der Waals surface area contributed by atoms with Gasteiger partial charge >= 0.3 is 0 Å². The number of nitrogens with two attached hydrogens (primary N) is 1. The molecule has 0 atom stereocenters. The molecule has 8 heteroatoms. The molecule has 6 nitrogen and oxygen atoms in total. The van der Waals surface area contributed by atoms with Crippen molar-refractivity contribution in [3.8, 4) is 0 Å². The van der Waals surface area contributed by atoms with Crippen LogP contribution in [0.3, 0.4) is 0 Å². The zero-order valence-electron chi connectivity index (χ0n) is 9.68. The number of carbonyl (C=O) groups excluding carboxylic acids is 1. The van der Waals surface area contributed by atoms with Crippen molar-refractivity contribution in [1.82, 2.24) is 9.62 Å². The molecule has 0 unspecified atom stereocenters. The molecule has 1 rings (SSSR count). The standard InChI is InChI=1S/C9H17N3O3S2/c1-11-9(13)7-2-4-12(5-3-7)17(14,15)6-8(10)16/h7H,2-6H2,1H3,(H2,10,16)(H,11,13). The van der Waals surface area contributed by atoms with Gasteiger partial charge in [-0.15, -0.1) is 0 Å². The Morgan fingerprint density at radius 1 is 1.47 bits per heavy atom. The molecule has 1 saturated heterocycles. The lowest BCUT2D eigenvalue weighted by Gasteiger charge is -2.30. The first-order valence-corrected chi connectivity index (χ1v) is 7.36. The fourth-order valence-electron chi connectivity index (χ4n) is 1.87. The highest BCUT2D eigenvalue weighted by Crippen LogP contribution is 2.19. The van der Waals surface area contributed by atoms with Gasteiger partial charge in [-0.25, -0.2) is 12.7 Å². The third-order valence-corrected chi connectivity index (χ3v) is 4.94. The maximum absolute atomic E-state index is 11.8. The Bertz CT molecular complexity index is 400. The van der Waals surface area contributed by atoms with Gasteiger partial charge in [-0.1, -0.05) is 12.2 Å². The van der Waals surface area contributed by atoms with Crippen molar-refractivity contribution < 1.29 is 13.2 Å². The van der Waals surface area contributed by atoms with Crippen molar-refractivity contribution in [1.29, 1.82) is 0 Å². The maximum Gasteiger partial charge on any atom is 0.222 e. The minimum absolute atomic E-state index is 0.0292. The van der Waals surface area contributed by atoms with Gasteiger partial charge in [-0.2, -0.15) is 0 Å². The minimum atomic E-state index is -3.40. The fraction of sp³-hybridized carbons (Fsp3) is 0.778. The third-order valence-electron chi connectivity index (χ3n) is 2.79. The third kappa shape index (κ3) is 3.90. The smallest absolute Gasteiger partial charge is 0.222 e. The highest BCUT2D eigenvalue weighted by molar-refractivity contribution is 7.92. The molecule has 1 amide bonds. The normalized spacial score (nSPS) is 18.9. The van der Waals surface area contributed by atoms with Crippen molar-refractivity contribution in [3.05, 3.63) is 0 Å². The van der Waals surface area contributed by atoms with Crippen LogP contribution in [0.25, 0.3) is 0 Å². The van der Waals surface area contributed by atoms with Crippen LogP contribution in [0.4, 0.5) is 0 Å². The highest BCUT2D eigenvalue weighted by Gasteiger charge is 2.30. The van der Waals surface area contributed by atoms with E-state index in [0.717, 1.165) is 0 Å². The zero-order chi connectivity index (χ0) is 13.1. The van der Waals surface area contributed by atoms with Crippen molar-refractivity contribution in [2.45, 2.75) is 12.8 Å². The second-order valence-corrected chi connectivity index (χ2v) is 6.50. The Morgan fingerprint density at radius 2 is 2.00 bits per heavy atom. The summed E-state index contributed by atoms with van der Waals surface area (Å²) in [6.45, 7) is 0.700. The molecule has 1 heterocycles. The number of hydrogen-bond acceptors (Lipinski definition) is 4. The van der Waals surface area contributed by atoms with Crippen molar-refractivity contribution in [3.63, 3.8) is 0 Å².